The topological polar surface area (TPSA) is 55.0 Å². The van der Waals surface area contributed by atoms with Crippen LogP contribution in [0.5, 0.6) is 0 Å². The SMILES string of the molecule is CCN(CC1CCC1)c1cnc(N)cn1. The van der Waals surface area contributed by atoms with E-state index < -0.39 is 0 Å². The van der Waals surface area contributed by atoms with Crippen molar-refractivity contribution in [3.05, 3.63) is 12.4 Å². The molecule has 0 radical (unpaired) electrons. The molecule has 15 heavy (non-hydrogen) atoms. The van der Waals surface area contributed by atoms with Gasteiger partial charge in [0.05, 0.1) is 12.4 Å². The summed E-state index contributed by atoms with van der Waals surface area (Å²) in [5, 5.41) is 0. The van der Waals surface area contributed by atoms with Crippen LogP contribution in [0.15, 0.2) is 12.4 Å². The fourth-order valence-electron chi connectivity index (χ4n) is 1.87. The average molecular weight is 206 g/mol. The maximum atomic E-state index is 5.51. The molecule has 0 amide bonds. The molecule has 1 heterocycles. The maximum Gasteiger partial charge on any atom is 0.147 e. The van der Waals surface area contributed by atoms with Crippen LogP contribution in [0.3, 0.4) is 0 Å². The molecule has 0 aromatic carbocycles. The summed E-state index contributed by atoms with van der Waals surface area (Å²) >= 11 is 0. The van der Waals surface area contributed by atoms with Crippen LogP contribution in [0.4, 0.5) is 11.6 Å². The van der Waals surface area contributed by atoms with Gasteiger partial charge in [0.1, 0.15) is 11.6 Å². The van der Waals surface area contributed by atoms with Crippen LogP contribution in [0.2, 0.25) is 0 Å². The van der Waals surface area contributed by atoms with Gasteiger partial charge in [-0.25, -0.2) is 9.97 Å². The molecule has 1 aliphatic rings. The van der Waals surface area contributed by atoms with Gasteiger partial charge in [-0.3, -0.25) is 0 Å². The van der Waals surface area contributed by atoms with Gasteiger partial charge in [0, 0.05) is 13.1 Å². The minimum absolute atomic E-state index is 0.485. The molecule has 0 atom stereocenters. The molecule has 1 aromatic rings. The number of nitrogens with zero attached hydrogens (tertiary/aromatic N) is 3. The Labute approximate surface area is 90.5 Å². The molecule has 1 aromatic heterocycles. The monoisotopic (exact) mass is 206 g/mol. The van der Waals surface area contributed by atoms with Crippen molar-refractivity contribution in [1.29, 1.82) is 0 Å². The summed E-state index contributed by atoms with van der Waals surface area (Å²) in [7, 11) is 0. The lowest BCUT2D eigenvalue weighted by Gasteiger charge is -2.32. The normalized spacial score (nSPS) is 16.1. The number of aromatic nitrogens is 2. The predicted molar refractivity (Wildman–Crippen MR) is 61.7 cm³/mol. The fraction of sp³-hybridized carbons (Fsp3) is 0.636. The summed E-state index contributed by atoms with van der Waals surface area (Å²) in [6, 6.07) is 0. The molecule has 0 spiro atoms. The number of nitrogen functional groups attached to an aromatic ring is 1. The van der Waals surface area contributed by atoms with Gasteiger partial charge in [-0.1, -0.05) is 6.42 Å². The Balaban J connectivity index is 2.01. The van der Waals surface area contributed by atoms with Crippen LogP contribution < -0.4 is 10.6 Å². The Morgan fingerprint density at radius 3 is 2.67 bits per heavy atom. The van der Waals surface area contributed by atoms with Gasteiger partial charge in [-0.15, -0.1) is 0 Å². The van der Waals surface area contributed by atoms with E-state index in [4.69, 9.17) is 5.73 Å². The summed E-state index contributed by atoms with van der Waals surface area (Å²) in [5.41, 5.74) is 5.51. The highest BCUT2D eigenvalue weighted by atomic mass is 15.2. The molecule has 4 heteroatoms. The zero-order valence-corrected chi connectivity index (χ0v) is 9.19. The minimum Gasteiger partial charge on any atom is -0.382 e. The molecular formula is C11H18N4. The van der Waals surface area contributed by atoms with Gasteiger partial charge >= 0.3 is 0 Å². The molecular weight excluding hydrogens is 188 g/mol. The van der Waals surface area contributed by atoms with Crippen LogP contribution in [0.25, 0.3) is 0 Å². The van der Waals surface area contributed by atoms with E-state index in [9.17, 15) is 0 Å². The first-order valence-electron chi connectivity index (χ1n) is 5.62. The van der Waals surface area contributed by atoms with Crippen LogP contribution in [0, 0.1) is 5.92 Å². The van der Waals surface area contributed by atoms with Crippen molar-refractivity contribution in [2.45, 2.75) is 26.2 Å². The second-order valence-electron chi connectivity index (χ2n) is 4.14. The number of hydrogen-bond acceptors (Lipinski definition) is 4. The highest BCUT2D eigenvalue weighted by molar-refractivity contribution is 5.39. The van der Waals surface area contributed by atoms with Gasteiger partial charge in [-0.2, -0.15) is 0 Å². The van der Waals surface area contributed by atoms with Gasteiger partial charge in [0.25, 0.3) is 0 Å². The molecule has 82 valence electrons. The first-order chi connectivity index (χ1) is 7.29. The van der Waals surface area contributed by atoms with Crippen molar-refractivity contribution < 1.29 is 0 Å². The van der Waals surface area contributed by atoms with Crippen LogP contribution in [-0.2, 0) is 0 Å². The van der Waals surface area contributed by atoms with E-state index in [1.807, 2.05) is 0 Å². The summed E-state index contributed by atoms with van der Waals surface area (Å²) in [6.45, 7) is 4.24. The van der Waals surface area contributed by atoms with Crippen molar-refractivity contribution in [2.75, 3.05) is 23.7 Å². The second-order valence-corrected chi connectivity index (χ2v) is 4.14. The van der Waals surface area contributed by atoms with E-state index in [-0.39, 0.29) is 0 Å². The lowest BCUT2D eigenvalue weighted by Crippen LogP contribution is -2.33. The van der Waals surface area contributed by atoms with E-state index in [1.165, 1.54) is 19.3 Å². The van der Waals surface area contributed by atoms with E-state index in [0.717, 1.165) is 24.8 Å². The molecule has 1 saturated carbocycles. The Kier molecular flexibility index (Phi) is 3.04. The van der Waals surface area contributed by atoms with Crippen LogP contribution in [0.1, 0.15) is 26.2 Å². The Morgan fingerprint density at radius 1 is 1.40 bits per heavy atom. The predicted octanol–water partition coefficient (Wildman–Crippen LogP) is 1.69. The number of anilines is 2. The Hall–Kier alpha value is -1.32. The molecule has 0 bridgehead atoms. The highest BCUT2D eigenvalue weighted by Gasteiger charge is 2.20. The van der Waals surface area contributed by atoms with Gasteiger partial charge in [0.15, 0.2) is 0 Å². The van der Waals surface area contributed by atoms with Gasteiger partial charge in [0.2, 0.25) is 0 Å². The molecule has 1 fully saturated rings. The summed E-state index contributed by atoms with van der Waals surface area (Å²) in [5.74, 6) is 2.28. The number of rotatable bonds is 4. The average Bonchev–Trinajstić information content (AvgIpc) is 2.19. The van der Waals surface area contributed by atoms with E-state index in [0.29, 0.717) is 5.82 Å². The maximum absolute atomic E-state index is 5.51. The standard InChI is InChI=1S/C11H18N4/c1-2-15(8-9-4-3-5-9)11-7-13-10(12)6-14-11/h6-7,9H,2-5,8H2,1H3,(H2,12,13). The summed E-state index contributed by atoms with van der Waals surface area (Å²) in [6.07, 6.45) is 7.49. The van der Waals surface area contributed by atoms with E-state index >= 15 is 0 Å². The summed E-state index contributed by atoms with van der Waals surface area (Å²) in [4.78, 5) is 10.6. The molecule has 0 saturated heterocycles. The third kappa shape index (κ3) is 2.37. The largest absolute Gasteiger partial charge is 0.382 e. The first-order valence-corrected chi connectivity index (χ1v) is 5.62. The second kappa shape index (κ2) is 4.47. The van der Waals surface area contributed by atoms with Crippen molar-refractivity contribution in [2.24, 2.45) is 5.92 Å². The zero-order chi connectivity index (χ0) is 10.7. The lowest BCUT2D eigenvalue weighted by atomic mass is 9.85. The lowest BCUT2D eigenvalue weighted by molar-refractivity contribution is 0.318. The smallest absolute Gasteiger partial charge is 0.147 e. The molecule has 2 N–H and O–H groups in total. The molecule has 0 unspecified atom stereocenters. The van der Waals surface area contributed by atoms with Gasteiger partial charge < -0.3 is 10.6 Å². The number of hydrogen-bond donors (Lipinski definition) is 1. The molecule has 2 rings (SSSR count). The first kappa shape index (κ1) is 10.2. The van der Waals surface area contributed by atoms with Crippen LogP contribution >= 0.6 is 0 Å². The van der Waals surface area contributed by atoms with Crippen LogP contribution in [-0.4, -0.2) is 23.1 Å². The van der Waals surface area contributed by atoms with Gasteiger partial charge in [-0.05, 0) is 25.7 Å². The Morgan fingerprint density at radius 2 is 2.20 bits per heavy atom. The fourth-order valence-corrected chi connectivity index (χ4v) is 1.87. The highest BCUT2D eigenvalue weighted by Crippen LogP contribution is 2.28. The van der Waals surface area contributed by atoms with Crippen molar-refractivity contribution in [3.8, 4) is 0 Å². The van der Waals surface area contributed by atoms with Crippen molar-refractivity contribution >= 4 is 11.6 Å². The van der Waals surface area contributed by atoms with Crippen molar-refractivity contribution in [1.82, 2.24) is 9.97 Å². The van der Waals surface area contributed by atoms with E-state index in [1.54, 1.807) is 12.4 Å². The molecule has 0 aliphatic heterocycles. The Bertz CT molecular complexity index is 305. The molecule has 4 nitrogen and oxygen atoms in total. The number of nitrogens with two attached hydrogens (primary N) is 1. The zero-order valence-electron chi connectivity index (χ0n) is 9.19. The minimum atomic E-state index is 0.485. The quantitative estimate of drug-likeness (QED) is 0.814. The summed E-state index contributed by atoms with van der Waals surface area (Å²) < 4.78 is 0. The third-order valence-corrected chi connectivity index (χ3v) is 3.07. The third-order valence-electron chi connectivity index (χ3n) is 3.07. The van der Waals surface area contributed by atoms with Crippen molar-refractivity contribution in [3.63, 3.8) is 0 Å². The molecule has 1 aliphatic carbocycles. The van der Waals surface area contributed by atoms with E-state index in [2.05, 4.69) is 21.8 Å².